The molecule has 2 unspecified atom stereocenters. The van der Waals surface area contributed by atoms with Crippen LogP contribution in [0.5, 0.6) is 0 Å². The van der Waals surface area contributed by atoms with E-state index in [1.165, 1.54) is 6.42 Å². The predicted octanol–water partition coefficient (Wildman–Crippen LogP) is 2.29. The monoisotopic (exact) mass is 288 g/mol. The lowest BCUT2D eigenvalue weighted by atomic mass is 9.81. The normalized spacial score (nSPS) is 28.2. The van der Waals surface area contributed by atoms with Gasteiger partial charge in [-0.1, -0.05) is 49.6 Å². The summed E-state index contributed by atoms with van der Waals surface area (Å²) < 4.78 is 5.82. The van der Waals surface area contributed by atoms with Crippen LogP contribution >= 0.6 is 0 Å². The first-order chi connectivity index (χ1) is 10.2. The zero-order valence-electron chi connectivity index (χ0n) is 12.4. The van der Waals surface area contributed by atoms with E-state index in [1.54, 1.807) is 0 Å². The maximum Gasteiger partial charge on any atom is 0.240 e. The van der Waals surface area contributed by atoms with Gasteiger partial charge < -0.3 is 15.8 Å². The molecule has 1 heterocycles. The number of hydrogen-bond acceptors (Lipinski definition) is 3. The first-order valence-corrected chi connectivity index (χ1v) is 7.95. The van der Waals surface area contributed by atoms with Gasteiger partial charge in [-0.3, -0.25) is 4.79 Å². The molecule has 1 saturated carbocycles. The third-order valence-corrected chi connectivity index (χ3v) is 4.73. The molecule has 4 heteroatoms. The quantitative estimate of drug-likeness (QED) is 0.897. The van der Waals surface area contributed by atoms with Gasteiger partial charge in [-0.05, 0) is 24.8 Å². The highest BCUT2D eigenvalue weighted by Gasteiger charge is 2.39. The number of hydrogen-bond donors (Lipinski definition) is 2. The predicted molar refractivity (Wildman–Crippen MR) is 81.7 cm³/mol. The molecular formula is C17H24N2O2. The molecular weight excluding hydrogens is 264 g/mol. The van der Waals surface area contributed by atoms with Crippen LogP contribution < -0.4 is 11.1 Å². The van der Waals surface area contributed by atoms with Crippen molar-refractivity contribution in [2.24, 2.45) is 5.73 Å². The molecule has 0 radical (unpaired) electrons. The maximum absolute atomic E-state index is 12.6. The molecule has 3 N–H and O–H groups in total. The summed E-state index contributed by atoms with van der Waals surface area (Å²) in [6.07, 6.45) is 5.67. The molecule has 0 aromatic heterocycles. The fourth-order valence-corrected chi connectivity index (χ4v) is 3.43. The Bertz CT molecular complexity index is 483. The maximum atomic E-state index is 12.6. The van der Waals surface area contributed by atoms with Gasteiger partial charge in [-0.25, -0.2) is 0 Å². The largest absolute Gasteiger partial charge is 0.371 e. The Morgan fingerprint density at radius 1 is 1.19 bits per heavy atom. The highest BCUT2D eigenvalue weighted by molar-refractivity contribution is 5.86. The molecule has 0 bridgehead atoms. The van der Waals surface area contributed by atoms with Gasteiger partial charge in [-0.2, -0.15) is 0 Å². The summed E-state index contributed by atoms with van der Waals surface area (Å²) >= 11 is 0. The summed E-state index contributed by atoms with van der Waals surface area (Å²) in [6.45, 7) is 0.683. The van der Waals surface area contributed by atoms with E-state index < -0.39 is 5.54 Å². The van der Waals surface area contributed by atoms with Crippen molar-refractivity contribution in [3.8, 4) is 0 Å². The number of amides is 1. The molecule has 1 aromatic carbocycles. The van der Waals surface area contributed by atoms with E-state index >= 15 is 0 Å². The van der Waals surface area contributed by atoms with Crippen molar-refractivity contribution in [1.82, 2.24) is 5.32 Å². The lowest BCUT2D eigenvalue weighted by Gasteiger charge is -2.33. The van der Waals surface area contributed by atoms with Crippen molar-refractivity contribution in [2.75, 3.05) is 6.61 Å². The Morgan fingerprint density at radius 2 is 1.90 bits per heavy atom. The molecule has 1 aliphatic carbocycles. The minimum Gasteiger partial charge on any atom is -0.371 e. The topological polar surface area (TPSA) is 64.4 Å². The standard InChI is InChI=1S/C17H24N2O2/c18-17(10-5-2-6-11-17)16(20)19-14-9-12-21-15(14)13-7-3-1-4-8-13/h1,3-4,7-8,14-15H,2,5-6,9-12,18H2,(H,19,20). The summed E-state index contributed by atoms with van der Waals surface area (Å²) in [7, 11) is 0. The van der Waals surface area contributed by atoms with Crippen molar-refractivity contribution < 1.29 is 9.53 Å². The molecule has 114 valence electrons. The Kier molecular flexibility index (Phi) is 4.27. The number of carbonyl (C=O) groups excluding carboxylic acids is 1. The lowest BCUT2D eigenvalue weighted by molar-refractivity contribution is -0.128. The highest BCUT2D eigenvalue weighted by Crippen LogP contribution is 2.31. The molecule has 1 aromatic rings. The molecule has 21 heavy (non-hydrogen) atoms. The Morgan fingerprint density at radius 3 is 2.62 bits per heavy atom. The number of nitrogens with one attached hydrogen (secondary N) is 1. The van der Waals surface area contributed by atoms with Crippen molar-refractivity contribution in [3.63, 3.8) is 0 Å². The van der Waals surface area contributed by atoms with E-state index in [0.717, 1.165) is 37.7 Å². The molecule has 2 atom stereocenters. The molecule has 2 fully saturated rings. The van der Waals surface area contributed by atoms with Crippen molar-refractivity contribution >= 4 is 5.91 Å². The van der Waals surface area contributed by atoms with Gasteiger partial charge >= 0.3 is 0 Å². The average molecular weight is 288 g/mol. The van der Waals surface area contributed by atoms with Crippen LogP contribution in [0.4, 0.5) is 0 Å². The highest BCUT2D eigenvalue weighted by atomic mass is 16.5. The van der Waals surface area contributed by atoms with Crippen molar-refractivity contribution in [3.05, 3.63) is 35.9 Å². The van der Waals surface area contributed by atoms with Gasteiger partial charge in [-0.15, -0.1) is 0 Å². The summed E-state index contributed by atoms with van der Waals surface area (Å²) in [5.41, 5.74) is 6.75. The molecule has 4 nitrogen and oxygen atoms in total. The Hall–Kier alpha value is -1.39. The molecule has 0 spiro atoms. The third-order valence-electron chi connectivity index (χ3n) is 4.73. The van der Waals surface area contributed by atoms with Crippen LogP contribution in [0.25, 0.3) is 0 Å². The zero-order valence-corrected chi connectivity index (χ0v) is 12.4. The SMILES string of the molecule is NC1(C(=O)NC2CCOC2c2ccccc2)CCCCC1. The zero-order chi connectivity index (χ0) is 14.7. The molecule has 1 amide bonds. The number of ether oxygens (including phenoxy) is 1. The van der Waals surface area contributed by atoms with Gasteiger partial charge in [0.05, 0.1) is 11.6 Å². The van der Waals surface area contributed by atoms with E-state index in [-0.39, 0.29) is 18.1 Å². The van der Waals surface area contributed by atoms with Gasteiger partial charge in [0.25, 0.3) is 0 Å². The second kappa shape index (κ2) is 6.16. The second-order valence-corrected chi connectivity index (χ2v) is 6.29. The van der Waals surface area contributed by atoms with Crippen LogP contribution in [0.2, 0.25) is 0 Å². The van der Waals surface area contributed by atoms with E-state index in [4.69, 9.17) is 10.5 Å². The molecule has 1 aliphatic heterocycles. The first kappa shape index (κ1) is 14.5. The minimum atomic E-state index is -0.678. The third kappa shape index (κ3) is 3.11. The molecule has 2 aliphatic rings. The van der Waals surface area contributed by atoms with E-state index in [0.29, 0.717) is 6.61 Å². The van der Waals surface area contributed by atoms with Gasteiger partial charge in [0, 0.05) is 6.61 Å². The fraction of sp³-hybridized carbons (Fsp3) is 0.588. The van der Waals surface area contributed by atoms with E-state index in [2.05, 4.69) is 5.32 Å². The van der Waals surface area contributed by atoms with Crippen molar-refractivity contribution in [1.29, 1.82) is 0 Å². The van der Waals surface area contributed by atoms with Crippen LogP contribution in [0, 0.1) is 0 Å². The van der Waals surface area contributed by atoms with E-state index in [9.17, 15) is 4.79 Å². The van der Waals surface area contributed by atoms with Gasteiger partial charge in [0.1, 0.15) is 6.10 Å². The number of carbonyl (C=O) groups is 1. The Labute approximate surface area is 126 Å². The van der Waals surface area contributed by atoms with E-state index in [1.807, 2.05) is 30.3 Å². The van der Waals surface area contributed by atoms with Crippen LogP contribution in [0.1, 0.15) is 50.2 Å². The number of benzene rings is 1. The summed E-state index contributed by atoms with van der Waals surface area (Å²) in [5.74, 6) is -0.00127. The van der Waals surface area contributed by atoms with Crippen molar-refractivity contribution in [2.45, 2.75) is 56.2 Å². The summed E-state index contributed by atoms with van der Waals surface area (Å²) in [4.78, 5) is 12.6. The number of rotatable bonds is 3. The van der Waals surface area contributed by atoms with Crippen LogP contribution in [-0.4, -0.2) is 24.1 Å². The Balaban J connectivity index is 1.67. The summed E-state index contributed by atoms with van der Waals surface area (Å²) in [5, 5.41) is 3.15. The average Bonchev–Trinajstić information content (AvgIpc) is 2.97. The molecule has 3 rings (SSSR count). The number of nitrogens with two attached hydrogens (primary N) is 1. The van der Waals surface area contributed by atoms with Crippen LogP contribution in [-0.2, 0) is 9.53 Å². The second-order valence-electron chi connectivity index (χ2n) is 6.29. The van der Waals surface area contributed by atoms with Crippen LogP contribution in [0.3, 0.4) is 0 Å². The summed E-state index contributed by atoms with van der Waals surface area (Å²) in [6, 6.07) is 10.1. The lowest BCUT2D eigenvalue weighted by Crippen LogP contribution is -2.57. The van der Waals surface area contributed by atoms with Gasteiger partial charge in [0.2, 0.25) is 5.91 Å². The minimum absolute atomic E-state index is 0.00127. The van der Waals surface area contributed by atoms with Gasteiger partial charge in [0.15, 0.2) is 0 Å². The smallest absolute Gasteiger partial charge is 0.240 e. The fourth-order valence-electron chi connectivity index (χ4n) is 3.43. The first-order valence-electron chi connectivity index (χ1n) is 7.95. The molecule has 1 saturated heterocycles. The van der Waals surface area contributed by atoms with Crippen LogP contribution in [0.15, 0.2) is 30.3 Å².